The molecule has 0 saturated carbocycles. The minimum absolute atomic E-state index is 0.215. The van der Waals surface area contributed by atoms with E-state index in [9.17, 15) is 4.79 Å². The fraction of sp³-hybridized carbons (Fsp3) is 0.125. The first-order valence-corrected chi connectivity index (χ1v) is 6.43. The summed E-state index contributed by atoms with van der Waals surface area (Å²) in [4.78, 5) is 15.4. The van der Waals surface area contributed by atoms with E-state index in [1.165, 1.54) is 12.3 Å². The van der Waals surface area contributed by atoms with E-state index in [1.54, 1.807) is 13.2 Å². The van der Waals surface area contributed by atoms with E-state index in [0.717, 1.165) is 22.2 Å². The van der Waals surface area contributed by atoms with Crippen molar-refractivity contribution in [3.63, 3.8) is 0 Å². The molecule has 2 aromatic heterocycles. The summed E-state index contributed by atoms with van der Waals surface area (Å²) in [6.07, 6.45) is 3.44. The summed E-state index contributed by atoms with van der Waals surface area (Å²) in [6.45, 7) is 0. The Kier molecular flexibility index (Phi) is 3.10. The Hall–Kier alpha value is -2.82. The van der Waals surface area contributed by atoms with Crippen LogP contribution < -0.4 is 4.74 Å². The molecular weight excluding hydrogens is 268 g/mol. The zero-order valence-electron chi connectivity index (χ0n) is 11.7. The SMILES string of the molecule is COc1cccc2c1c(-c1cc(C(=O)O)ccn1)cn2C. The maximum Gasteiger partial charge on any atom is 0.335 e. The molecule has 3 rings (SSSR count). The molecule has 5 heteroatoms. The number of aryl methyl sites for hydroxylation is 1. The number of nitrogens with zero attached hydrogens (tertiary/aromatic N) is 2. The number of methoxy groups -OCH3 is 1. The zero-order chi connectivity index (χ0) is 15.0. The highest BCUT2D eigenvalue weighted by molar-refractivity contribution is 6.00. The molecular formula is C16H14N2O3. The van der Waals surface area contributed by atoms with E-state index in [-0.39, 0.29) is 5.56 Å². The lowest BCUT2D eigenvalue weighted by molar-refractivity contribution is 0.0697. The third kappa shape index (κ3) is 2.12. The summed E-state index contributed by atoms with van der Waals surface area (Å²) in [5.41, 5.74) is 2.69. The lowest BCUT2D eigenvalue weighted by Gasteiger charge is -2.05. The van der Waals surface area contributed by atoms with E-state index >= 15 is 0 Å². The van der Waals surface area contributed by atoms with Gasteiger partial charge in [-0.3, -0.25) is 4.98 Å². The highest BCUT2D eigenvalue weighted by Crippen LogP contribution is 2.35. The van der Waals surface area contributed by atoms with Gasteiger partial charge in [0.25, 0.3) is 0 Å². The topological polar surface area (TPSA) is 64.3 Å². The van der Waals surface area contributed by atoms with Crippen LogP contribution >= 0.6 is 0 Å². The Labute approximate surface area is 121 Å². The second kappa shape index (κ2) is 4.94. The average Bonchev–Trinajstić information content (AvgIpc) is 2.85. The first-order valence-electron chi connectivity index (χ1n) is 6.43. The predicted molar refractivity (Wildman–Crippen MR) is 79.7 cm³/mol. The van der Waals surface area contributed by atoms with Crippen LogP contribution in [0.25, 0.3) is 22.2 Å². The van der Waals surface area contributed by atoms with E-state index in [2.05, 4.69) is 4.98 Å². The summed E-state index contributed by atoms with van der Waals surface area (Å²) in [5, 5.41) is 10.0. The number of carboxylic acids is 1. The third-order valence-electron chi connectivity index (χ3n) is 3.48. The molecule has 1 aromatic carbocycles. The van der Waals surface area contributed by atoms with Crippen molar-refractivity contribution in [1.29, 1.82) is 0 Å². The number of pyridine rings is 1. The van der Waals surface area contributed by atoms with Gasteiger partial charge in [0.15, 0.2) is 0 Å². The monoisotopic (exact) mass is 282 g/mol. The Bertz CT molecular complexity index is 837. The first-order chi connectivity index (χ1) is 10.1. The molecule has 1 N–H and O–H groups in total. The Morgan fingerprint density at radius 1 is 1.33 bits per heavy atom. The fourth-order valence-electron chi connectivity index (χ4n) is 2.49. The molecule has 0 atom stereocenters. The summed E-state index contributed by atoms with van der Waals surface area (Å²) in [5.74, 6) is -0.225. The van der Waals surface area contributed by atoms with Crippen LogP contribution in [0.4, 0.5) is 0 Å². The van der Waals surface area contributed by atoms with Crippen molar-refractivity contribution in [3.8, 4) is 17.0 Å². The highest BCUT2D eigenvalue weighted by atomic mass is 16.5. The van der Waals surface area contributed by atoms with Gasteiger partial charge in [0.05, 0.1) is 29.3 Å². The van der Waals surface area contributed by atoms with E-state index in [1.807, 2.05) is 36.0 Å². The van der Waals surface area contributed by atoms with Crippen molar-refractivity contribution in [3.05, 3.63) is 48.3 Å². The predicted octanol–water partition coefficient (Wildman–Crippen LogP) is 2.95. The lowest BCUT2D eigenvalue weighted by Crippen LogP contribution is -1.97. The van der Waals surface area contributed by atoms with Crippen LogP contribution in [0.1, 0.15) is 10.4 Å². The molecule has 0 radical (unpaired) electrons. The largest absolute Gasteiger partial charge is 0.496 e. The number of rotatable bonds is 3. The molecule has 21 heavy (non-hydrogen) atoms. The number of hydrogen-bond acceptors (Lipinski definition) is 3. The number of carboxylic acid groups (broad SMARTS) is 1. The van der Waals surface area contributed by atoms with Crippen molar-refractivity contribution in [2.75, 3.05) is 7.11 Å². The van der Waals surface area contributed by atoms with Crippen LogP contribution in [0.15, 0.2) is 42.7 Å². The molecule has 2 heterocycles. The minimum Gasteiger partial charge on any atom is -0.496 e. The van der Waals surface area contributed by atoms with Crippen LogP contribution in [0.5, 0.6) is 5.75 Å². The second-order valence-corrected chi connectivity index (χ2v) is 4.74. The molecule has 5 nitrogen and oxygen atoms in total. The summed E-state index contributed by atoms with van der Waals surface area (Å²) in [7, 11) is 3.55. The normalized spacial score (nSPS) is 10.8. The van der Waals surface area contributed by atoms with E-state index in [4.69, 9.17) is 9.84 Å². The van der Waals surface area contributed by atoms with Gasteiger partial charge >= 0.3 is 5.97 Å². The molecule has 0 bridgehead atoms. The van der Waals surface area contributed by atoms with Gasteiger partial charge in [0.2, 0.25) is 0 Å². The summed E-state index contributed by atoms with van der Waals surface area (Å²) in [6, 6.07) is 8.85. The molecule has 0 amide bonds. The standard InChI is InChI=1S/C16H14N2O3/c1-18-9-11(12-8-10(16(19)20)6-7-17-12)15-13(18)4-3-5-14(15)21-2/h3-9H,1-2H3,(H,19,20). The molecule has 0 aliphatic heterocycles. The molecule has 0 saturated heterocycles. The molecule has 3 aromatic rings. The molecule has 0 aliphatic carbocycles. The third-order valence-corrected chi connectivity index (χ3v) is 3.48. The first kappa shape index (κ1) is 13.2. The molecule has 0 spiro atoms. The zero-order valence-corrected chi connectivity index (χ0v) is 11.7. The van der Waals surface area contributed by atoms with Gasteiger partial charge in [-0.1, -0.05) is 6.07 Å². The molecule has 0 unspecified atom stereocenters. The fourth-order valence-corrected chi connectivity index (χ4v) is 2.49. The maximum absolute atomic E-state index is 11.1. The number of aromatic carboxylic acids is 1. The van der Waals surface area contributed by atoms with Crippen molar-refractivity contribution >= 4 is 16.9 Å². The highest BCUT2D eigenvalue weighted by Gasteiger charge is 2.15. The lowest BCUT2D eigenvalue weighted by atomic mass is 10.1. The van der Waals surface area contributed by atoms with Gasteiger partial charge in [0.1, 0.15) is 5.75 Å². The number of fused-ring (bicyclic) bond motifs is 1. The number of ether oxygens (including phenoxy) is 1. The van der Waals surface area contributed by atoms with Gasteiger partial charge in [0, 0.05) is 25.0 Å². The van der Waals surface area contributed by atoms with Crippen LogP contribution in [0.3, 0.4) is 0 Å². The number of carbonyl (C=O) groups is 1. The molecule has 0 fully saturated rings. The Balaban J connectivity index is 2.30. The number of benzene rings is 1. The van der Waals surface area contributed by atoms with Gasteiger partial charge < -0.3 is 14.4 Å². The van der Waals surface area contributed by atoms with Crippen molar-refractivity contribution < 1.29 is 14.6 Å². The Morgan fingerprint density at radius 2 is 2.14 bits per heavy atom. The van der Waals surface area contributed by atoms with Crippen molar-refractivity contribution in [2.24, 2.45) is 7.05 Å². The van der Waals surface area contributed by atoms with Crippen LogP contribution in [-0.2, 0) is 7.05 Å². The average molecular weight is 282 g/mol. The van der Waals surface area contributed by atoms with Crippen molar-refractivity contribution in [1.82, 2.24) is 9.55 Å². The smallest absolute Gasteiger partial charge is 0.335 e. The maximum atomic E-state index is 11.1. The van der Waals surface area contributed by atoms with E-state index < -0.39 is 5.97 Å². The molecule has 106 valence electrons. The second-order valence-electron chi connectivity index (χ2n) is 4.74. The number of aromatic nitrogens is 2. The molecule has 0 aliphatic rings. The van der Waals surface area contributed by atoms with Gasteiger partial charge in [-0.2, -0.15) is 0 Å². The summed E-state index contributed by atoms with van der Waals surface area (Å²) < 4.78 is 7.40. The van der Waals surface area contributed by atoms with Gasteiger partial charge in [-0.25, -0.2) is 4.79 Å². The van der Waals surface area contributed by atoms with Crippen molar-refractivity contribution in [2.45, 2.75) is 0 Å². The number of hydrogen-bond donors (Lipinski definition) is 1. The Morgan fingerprint density at radius 3 is 2.86 bits per heavy atom. The van der Waals surface area contributed by atoms with Gasteiger partial charge in [-0.15, -0.1) is 0 Å². The van der Waals surface area contributed by atoms with Gasteiger partial charge in [-0.05, 0) is 24.3 Å². The quantitative estimate of drug-likeness (QED) is 0.802. The van der Waals surface area contributed by atoms with E-state index in [0.29, 0.717) is 5.69 Å². The van der Waals surface area contributed by atoms with Crippen LogP contribution in [0, 0.1) is 0 Å². The van der Waals surface area contributed by atoms with Crippen LogP contribution in [0.2, 0.25) is 0 Å². The van der Waals surface area contributed by atoms with Crippen LogP contribution in [-0.4, -0.2) is 27.7 Å². The summed E-state index contributed by atoms with van der Waals surface area (Å²) >= 11 is 0. The minimum atomic E-state index is -0.967.